The van der Waals surface area contributed by atoms with Crippen molar-refractivity contribution < 1.29 is 28.5 Å². The summed E-state index contributed by atoms with van der Waals surface area (Å²) >= 11 is 0. The largest absolute Gasteiger partial charge is 0.451 e. The number of hydrogen-bond acceptors (Lipinski definition) is 6. The van der Waals surface area contributed by atoms with Crippen LogP contribution >= 0.6 is 0 Å². The van der Waals surface area contributed by atoms with E-state index >= 15 is 0 Å². The van der Waals surface area contributed by atoms with Crippen LogP contribution in [0.25, 0.3) is 0 Å². The minimum atomic E-state index is -0.723. The van der Waals surface area contributed by atoms with Crippen molar-refractivity contribution in [3.63, 3.8) is 0 Å². The number of fused-ring (bicyclic) bond motifs is 1. The third-order valence-corrected chi connectivity index (χ3v) is 5.35. The van der Waals surface area contributed by atoms with Crippen LogP contribution in [-0.4, -0.2) is 49.1 Å². The number of esters is 1. The summed E-state index contributed by atoms with van der Waals surface area (Å²) in [6.07, 6.45) is 2.91. The van der Waals surface area contributed by atoms with Gasteiger partial charge in [-0.2, -0.15) is 0 Å². The van der Waals surface area contributed by atoms with E-state index in [1.54, 1.807) is 12.1 Å². The predicted octanol–water partition coefficient (Wildman–Crippen LogP) is 3.60. The van der Waals surface area contributed by atoms with Gasteiger partial charge in [-0.1, -0.05) is 24.3 Å². The van der Waals surface area contributed by atoms with E-state index in [0.717, 1.165) is 24.8 Å². The number of benzene rings is 1. The number of carbonyl (C=O) groups is 1. The molecule has 5 atom stereocenters. The molecule has 0 amide bonds. The quantitative estimate of drug-likeness (QED) is 0.580. The number of hydrogen-bond donors (Lipinski definition) is 0. The number of rotatable bonds is 4. The first-order chi connectivity index (χ1) is 13.4. The Bertz CT molecular complexity index is 722. The molecule has 0 bridgehead atoms. The van der Waals surface area contributed by atoms with Crippen molar-refractivity contribution in [2.75, 3.05) is 6.61 Å². The lowest BCUT2D eigenvalue weighted by Gasteiger charge is -2.39. The van der Waals surface area contributed by atoms with Gasteiger partial charge in [0.2, 0.25) is 0 Å². The lowest BCUT2D eigenvalue weighted by Crippen LogP contribution is -2.52. The first kappa shape index (κ1) is 19.6. The molecular weight excluding hydrogens is 360 g/mol. The second kappa shape index (κ2) is 7.95. The van der Waals surface area contributed by atoms with E-state index in [1.807, 2.05) is 45.0 Å². The minimum Gasteiger partial charge on any atom is -0.451 e. The Balaban J connectivity index is 1.58. The molecule has 0 N–H and O–H groups in total. The van der Waals surface area contributed by atoms with Crippen LogP contribution in [0.15, 0.2) is 42.0 Å². The average molecular weight is 388 g/mol. The minimum absolute atomic E-state index is 0.240. The van der Waals surface area contributed by atoms with Crippen molar-refractivity contribution in [3.05, 3.63) is 47.5 Å². The summed E-state index contributed by atoms with van der Waals surface area (Å²) in [6, 6.07) is 8.98. The molecule has 28 heavy (non-hydrogen) atoms. The molecule has 0 radical (unpaired) electrons. The maximum atomic E-state index is 12.7. The first-order valence-corrected chi connectivity index (χ1v) is 10.00. The predicted molar refractivity (Wildman–Crippen MR) is 102 cm³/mol. The molecule has 2 saturated heterocycles. The Morgan fingerprint density at radius 2 is 1.93 bits per heavy atom. The highest BCUT2D eigenvalue weighted by molar-refractivity contribution is 5.89. The second-order valence-corrected chi connectivity index (χ2v) is 8.06. The second-order valence-electron chi connectivity index (χ2n) is 8.06. The van der Waals surface area contributed by atoms with Crippen molar-refractivity contribution in [3.8, 4) is 0 Å². The van der Waals surface area contributed by atoms with E-state index in [4.69, 9.17) is 23.7 Å². The summed E-state index contributed by atoms with van der Waals surface area (Å²) in [6.45, 7) is 6.38. The molecule has 1 aliphatic carbocycles. The number of carbonyl (C=O) groups excluding carboxylic acids is 1. The topological polar surface area (TPSA) is 63.2 Å². The summed E-state index contributed by atoms with van der Waals surface area (Å²) in [7, 11) is 0. The van der Waals surface area contributed by atoms with E-state index in [1.165, 1.54) is 0 Å². The third-order valence-electron chi connectivity index (χ3n) is 5.35. The normalized spacial score (nSPS) is 34.4. The van der Waals surface area contributed by atoms with Gasteiger partial charge in [0, 0.05) is 6.61 Å². The molecule has 2 aliphatic heterocycles. The number of ether oxygens (including phenoxy) is 5. The first-order valence-electron chi connectivity index (χ1n) is 10.00. The highest BCUT2D eigenvalue weighted by Crippen LogP contribution is 2.39. The van der Waals surface area contributed by atoms with Crippen LogP contribution in [0.5, 0.6) is 0 Å². The zero-order valence-corrected chi connectivity index (χ0v) is 16.6. The van der Waals surface area contributed by atoms with Crippen molar-refractivity contribution in [2.45, 2.75) is 76.5 Å². The lowest BCUT2D eigenvalue weighted by molar-refractivity contribution is -0.235. The smallest absolute Gasteiger partial charge is 0.338 e. The van der Waals surface area contributed by atoms with E-state index < -0.39 is 18.0 Å². The molecule has 0 saturated carbocycles. The monoisotopic (exact) mass is 388 g/mol. The molecule has 2 heterocycles. The molecular formula is C22H28O6. The van der Waals surface area contributed by atoms with Crippen molar-refractivity contribution in [1.82, 2.24) is 0 Å². The van der Waals surface area contributed by atoms with E-state index in [2.05, 4.69) is 0 Å². The van der Waals surface area contributed by atoms with Crippen LogP contribution in [0.2, 0.25) is 0 Å². The lowest BCUT2D eigenvalue weighted by atomic mass is 9.90. The summed E-state index contributed by atoms with van der Waals surface area (Å²) in [5.74, 6) is -1.10. The highest BCUT2D eigenvalue weighted by Gasteiger charge is 2.52. The molecule has 3 aliphatic rings. The van der Waals surface area contributed by atoms with Gasteiger partial charge in [-0.05, 0) is 57.7 Å². The average Bonchev–Trinajstić information content (AvgIpc) is 2.99. The van der Waals surface area contributed by atoms with Gasteiger partial charge in [0.05, 0.1) is 5.56 Å². The third kappa shape index (κ3) is 4.15. The van der Waals surface area contributed by atoms with Gasteiger partial charge in [-0.25, -0.2) is 4.79 Å². The van der Waals surface area contributed by atoms with Crippen molar-refractivity contribution >= 4 is 5.97 Å². The molecule has 1 aromatic rings. The highest BCUT2D eigenvalue weighted by atomic mass is 16.8. The van der Waals surface area contributed by atoms with Crippen molar-refractivity contribution in [2.24, 2.45) is 0 Å². The summed E-state index contributed by atoms with van der Waals surface area (Å²) < 4.78 is 30.1. The Morgan fingerprint density at radius 1 is 1.14 bits per heavy atom. The summed E-state index contributed by atoms with van der Waals surface area (Å²) in [5, 5.41) is 0. The van der Waals surface area contributed by atoms with E-state index in [9.17, 15) is 4.79 Å². The SMILES string of the molecule is CC1=C[C@H]2OC(C)(C)O[C@H]2[C@H](OC2CCCCO2)[C@H]1OC(=O)c1ccccc1. The molecule has 4 rings (SSSR count). The summed E-state index contributed by atoms with van der Waals surface area (Å²) in [5.41, 5.74) is 1.40. The Morgan fingerprint density at radius 3 is 2.64 bits per heavy atom. The zero-order valence-electron chi connectivity index (χ0n) is 16.6. The van der Waals surface area contributed by atoms with Gasteiger partial charge in [-0.3, -0.25) is 0 Å². The van der Waals surface area contributed by atoms with Crippen LogP contribution in [0.3, 0.4) is 0 Å². The maximum Gasteiger partial charge on any atom is 0.338 e. The fraction of sp³-hybridized carbons (Fsp3) is 0.591. The van der Waals surface area contributed by atoms with Crippen LogP contribution in [-0.2, 0) is 23.7 Å². The maximum absolute atomic E-state index is 12.7. The van der Waals surface area contributed by atoms with Gasteiger partial charge in [0.1, 0.15) is 18.3 Å². The molecule has 1 aromatic carbocycles. The summed E-state index contributed by atoms with van der Waals surface area (Å²) in [4.78, 5) is 12.7. The molecule has 0 spiro atoms. The standard InChI is InChI=1S/C22H28O6/c1-14-13-16-19(28-22(2,3)27-16)20(25-17-11-7-8-12-24-17)18(14)26-21(23)15-9-5-4-6-10-15/h4-6,9-10,13,16-20H,7-8,11-12H2,1-3H3/t16-,17?,18+,19-,20-/m1/s1. The fourth-order valence-electron chi connectivity index (χ4n) is 4.05. The molecule has 1 unspecified atom stereocenters. The van der Waals surface area contributed by atoms with Gasteiger partial charge in [0.15, 0.2) is 18.2 Å². The molecule has 6 nitrogen and oxygen atoms in total. The van der Waals surface area contributed by atoms with Gasteiger partial charge < -0.3 is 23.7 Å². The molecule has 0 aromatic heterocycles. The Hall–Kier alpha value is -1.73. The van der Waals surface area contributed by atoms with Crippen LogP contribution in [0.1, 0.15) is 50.4 Å². The van der Waals surface area contributed by atoms with Crippen LogP contribution < -0.4 is 0 Å². The zero-order chi connectivity index (χ0) is 19.7. The fourth-order valence-corrected chi connectivity index (χ4v) is 4.05. The van der Waals surface area contributed by atoms with Crippen LogP contribution in [0.4, 0.5) is 0 Å². The van der Waals surface area contributed by atoms with E-state index in [-0.39, 0.29) is 24.5 Å². The van der Waals surface area contributed by atoms with Crippen molar-refractivity contribution in [1.29, 1.82) is 0 Å². The van der Waals surface area contributed by atoms with Gasteiger partial charge >= 0.3 is 5.97 Å². The molecule has 152 valence electrons. The van der Waals surface area contributed by atoms with Gasteiger partial charge in [0.25, 0.3) is 0 Å². The Labute approximate surface area is 165 Å². The van der Waals surface area contributed by atoms with Crippen LogP contribution in [0, 0.1) is 0 Å². The van der Waals surface area contributed by atoms with E-state index in [0.29, 0.717) is 12.2 Å². The Kier molecular flexibility index (Phi) is 5.56. The molecule has 6 heteroatoms. The van der Waals surface area contributed by atoms with Gasteiger partial charge in [-0.15, -0.1) is 0 Å². The molecule has 2 fully saturated rings.